The highest BCUT2D eigenvalue weighted by Gasteiger charge is 2.27. The number of nitrogens with one attached hydrogen (secondary N) is 2. The van der Waals surface area contributed by atoms with Crippen molar-refractivity contribution in [1.29, 1.82) is 0 Å². The molecule has 8 nitrogen and oxygen atoms in total. The number of nitrogens with zero attached hydrogens (tertiary/aromatic N) is 1. The SMILES string of the molecule is Cc1ccc(C)c(S(=O)(=O)Nc2ccccc2C(=O)NC2CCN(S(C)(=O)=O)CC2)c1. The normalized spacial score (nSPS) is 16.1. The Morgan fingerprint density at radius 1 is 1.00 bits per heavy atom. The number of para-hydroxylation sites is 1. The standard InChI is InChI=1S/C21H27N3O5S2/c1-15-8-9-16(2)20(14-15)31(28,29)23-19-7-5-4-6-18(19)21(25)22-17-10-12-24(13-11-17)30(3,26)27/h4-9,14,17,23H,10-13H2,1-3H3,(H,22,25). The fourth-order valence-corrected chi connectivity index (χ4v) is 5.85. The van der Waals surface area contributed by atoms with Crippen LogP contribution in [0.25, 0.3) is 0 Å². The van der Waals surface area contributed by atoms with Gasteiger partial charge in [0.25, 0.3) is 15.9 Å². The van der Waals surface area contributed by atoms with E-state index in [1.807, 2.05) is 13.0 Å². The largest absolute Gasteiger partial charge is 0.349 e. The minimum absolute atomic E-state index is 0.163. The molecule has 10 heteroatoms. The summed E-state index contributed by atoms with van der Waals surface area (Å²) in [6.45, 7) is 4.21. The zero-order valence-electron chi connectivity index (χ0n) is 17.8. The lowest BCUT2D eigenvalue weighted by molar-refractivity contribution is 0.0925. The quantitative estimate of drug-likeness (QED) is 0.680. The molecule has 0 radical (unpaired) electrons. The van der Waals surface area contributed by atoms with Crippen molar-refractivity contribution >= 4 is 31.6 Å². The molecule has 0 unspecified atom stereocenters. The zero-order valence-corrected chi connectivity index (χ0v) is 19.4. The van der Waals surface area contributed by atoms with Crippen LogP contribution in [0.15, 0.2) is 47.4 Å². The molecular formula is C21H27N3O5S2. The summed E-state index contributed by atoms with van der Waals surface area (Å²) >= 11 is 0. The molecule has 1 heterocycles. The molecule has 0 spiro atoms. The molecule has 2 aromatic carbocycles. The van der Waals surface area contributed by atoms with Crippen LogP contribution < -0.4 is 10.0 Å². The van der Waals surface area contributed by atoms with E-state index < -0.39 is 26.0 Å². The molecule has 2 N–H and O–H groups in total. The van der Waals surface area contributed by atoms with Gasteiger partial charge in [0.2, 0.25) is 10.0 Å². The van der Waals surface area contributed by atoms with E-state index in [1.54, 1.807) is 43.3 Å². The summed E-state index contributed by atoms with van der Waals surface area (Å²) in [7, 11) is -7.13. The summed E-state index contributed by atoms with van der Waals surface area (Å²) in [6, 6.07) is 11.4. The molecule has 1 aliphatic rings. The molecule has 0 saturated carbocycles. The Kier molecular flexibility index (Phi) is 6.73. The van der Waals surface area contributed by atoms with Gasteiger partial charge in [-0.05, 0) is 56.0 Å². The van der Waals surface area contributed by atoms with Crippen molar-refractivity contribution in [2.45, 2.75) is 37.6 Å². The zero-order chi connectivity index (χ0) is 22.8. The smallest absolute Gasteiger partial charge is 0.262 e. The van der Waals surface area contributed by atoms with E-state index in [0.29, 0.717) is 31.5 Å². The maximum Gasteiger partial charge on any atom is 0.262 e. The molecule has 1 fully saturated rings. The number of aryl methyl sites for hydroxylation is 2. The van der Waals surface area contributed by atoms with Gasteiger partial charge in [0.15, 0.2) is 0 Å². The number of piperidine rings is 1. The number of sulfonamides is 2. The average Bonchev–Trinajstić information content (AvgIpc) is 2.69. The number of hydrogen-bond acceptors (Lipinski definition) is 5. The van der Waals surface area contributed by atoms with Gasteiger partial charge in [-0.3, -0.25) is 9.52 Å². The van der Waals surface area contributed by atoms with Crippen molar-refractivity contribution < 1.29 is 21.6 Å². The van der Waals surface area contributed by atoms with E-state index in [4.69, 9.17) is 0 Å². The fourth-order valence-electron chi connectivity index (χ4n) is 3.56. The van der Waals surface area contributed by atoms with Crippen LogP contribution in [-0.2, 0) is 20.0 Å². The molecule has 3 rings (SSSR count). The Morgan fingerprint density at radius 3 is 2.29 bits per heavy atom. The molecule has 1 aliphatic heterocycles. The number of anilines is 1. The maximum absolute atomic E-state index is 13.0. The maximum atomic E-state index is 13.0. The van der Waals surface area contributed by atoms with E-state index in [0.717, 1.165) is 5.56 Å². The lowest BCUT2D eigenvalue weighted by Gasteiger charge is -2.30. The molecule has 0 atom stereocenters. The molecule has 168 valence electrons. The third-order valence-electron chi connectivity index (χ3n) is 5.31. The van der Waals surface area contributed by atoms with Crippen LogP contribution in [0.5, 0.6) is 0 Å². The van der Waals surface area contributed by atoms with Gasteiger partial charge in [-0.1, -0.05) is 24.3 Å². The van der Waals surface area contributed by atoms with Crippen molar-refractivity contribution in [2.75, 3.05) is 24.1 Å². The van der Waals surface area contributed by atoms with Crippen molar-refractivity contribution in [3.05, 3.63) is 59.2 Å². The van der Waals surface area contributed by atoms with Gasteiger partial charge in [-0.25, -0.2) is 21.1 Å². The summed E-state index contributed by atoms with van der Waals surface area (Å²) < 4.78 is 53.2. The molecule has 2 aromatic rings. The van der Waals surface area contributed by atoms with Crippen molar-refractivity contribution in [2.24, 2.45) is 0 Å². The second-order valence-corrected chi connectivity index (χ2v) is 11.5. The van der Waals surface area contributed by atoms with Gasteiger partial charge in [-0.2, -0.15) is 0 Å². The molecule has 1 saturated heterocycles. The van der Waals surface area contributed by atoms with Crippen LogP contribution in [0.2, 0.25) is 0 Å². The van der Waals surface area contributed by atoms with Crippen LogP contribution in [-0.4, -0.2) is 52.4 Å². The highest BCUT2D eigenvalue weighted by Crippen LogP contribution is 2.23. The minimum Gasteiger partial charge on any atom is -0.349 e. The number of benzene rings is 2. The van der Waals surface area contributed by atoms with Gasteiger partial charge in [-0.15, -0.1) is 0 Å². The Hall–Kier alpha value is -2.43. The second-order valence-electron chi connectivity index (χ2n) is 7.83. The van der Waals surface area contributed by atoms with Crippen LogP contribution in [0.3, 0.4) is 0 Å². The third kappa shape index (κ3) is 5.63. The molecule has 0 aromatic heterocycles. The summed E-state index contributed by atoms with van der Waals surface area (Å²) in [4.78, 5) is 13.0. The van der Waals surface area contributed by atoms with E-state index >= 15 is 0 Å². The fraction of sp³-hybridized carbons (Fsp3) is 0.381. The van der Waals surface area contributed by atoms with E-state index in [1.165, 1.54) is 10.6 Å². The number of carbonyl (C=O) groups excluding carboxylic acids is 1. The Balaban J connectivity index is 1.76. The summed E-state index contributed by atoms with van der Waals surface area (Å²) in [5.41, 5.74) is 1.83. The monoisotopic (exact) mass is 465 g/mol. The van der Waals surface area contributed by atoms with Gasteiger partial charge in [0.1, 0.15) is 0 Å². The van der Waals surface area contributed by atoms with Gasteiger partial charge < -0.3 is 5.32 Å². The van der Waals surface area contributed by atoms with Gasteiger partial charge in [0, 0.05) is 19.1 Å². The first-order valence-corrected chi connectivity index (χ1v) is 13.3. The van der Waals surface area contributed by atoms with Crippen molar-refractivity contribution in [3.8, 4) is 0 Å². The van der Waals surface area contributed by atoms with Gasteiger partial charge in [0.05, 0.1) is 22.4 Å². The minimum atomic E-state index is -3.88. The average molecular weight is 466 g/mol. The second kappa shape index (κ2) is 8.97. The van der Waals surface area contributed by atoms with Crippen LogP contribution in [0.1, 0.15) is 34.3 Å². The first-order valence-electron chi connectivity index (χ1n) is 9.92. The first kappa shape index (κ1) is 23.2. The molecule has 31 heavy (non-hydrogen) atoms. The third-order valence-corrected chi connectivity index (χ3v) is 8.12. The number of amides is 1. The van der Waals surface area contributed by atoms with Crippen LogP contribution in [0.4, 0.5) is 5.69 Å². The van der Waals surface area contributed by atoms with E-state index in [9.17, 15) is 21.6 Å². The Morgan fingerprint density at radius 2 is 1.65 bits per heavy atom. The highest BCUT2D eigenvalue weighted by atomic mass is 32.2. The molecule has 0 bridgehead atoms. The predicted octanol–water partition coefficient (Wildman–Crippen LogP) is 2.26. The van der Waals surface area contributed by atoms with Gasteiger partial charge >= 0.3 is 0 Å². The molecule has 0 aliphatic carbocycles. The lowest BCUT2D eigenvalue weighted by Crippen LogP contribution is -2.46. The Bertz CT molecular complexity index is 1190. The van der Waals surface area contributed by atoms with Crippen LogP contribution in [0, 0.1) is 13.8 Å². The molecular weight excluding hydrogens is 438 g/mol. The topological polar surface area (TPSA) is 113 Å². The Labute approximate surface area is 183 Å². The molecule has 1 amide bonds. The van der Waals surface area contributed by atoms with E-state index in [2.05, 4.69) is 10.0 Å². The van der Waals surface area contributed by atoms with Crippen molar-refractivity contribution in [1.82, 2.24) is 9.62 Å². The number of hydrogen-bond donors (Lipinski definition) is 2. The number of rotatable bonds is 6. The predicted molar refractivity (Wildman–Crippen MR) is 120 cm³/mol. The first-order chi connectivity index (χ1) is 14.5. The lowest BCUT2D eigenvalue weighted by atomic mass is 10.1. The summed E-state index contributed by atoms with van der Waals surface area (Å²) in [6.07, 6.45) is 2.16. The number of carbonyl (C=O) groups is 1. The highest BCUT2D eigenvalue weighted by molar-refractivity contribution is 7.92. The van der Waals surface area contributed by atoms with E-state index in [-0.39, 0.29) is 22.2 Å². The summed E-state index contributed by atoms with van der Waals surface area (Å²) in [5.74, 6) is -0.405. The van der Waals surface area contributed by atoms with Crippen LogP contribution >= 0.6 is 0 Å². The van der Waals surface area contributed by atoms with Crippen molar-refractivity contribution in [3.63, 3.8) is 0 Å². The summed E-state index contributed by atoms with van der Waals surface area (Å²) in [5, 5.41) is 2.90.